The van der Waals surface area contributed by atoms with Crippen LogP contribution in [0.3, 0.4) is 0 Å². The molecule has 1 aromatic carbocycles. The van der Waals surface area contributed by atoms with E-state index >= 15 is 0 Å². The molecule has 2 N–H and O–H groups in total. The Morgan fingerprint density at radius 3 is 2.15 bits per heavy atom. The molecule has 0 saturated heterocycles. The highest BCUT2D eigenvalue weighted by molar-refractivity contribution is 5.41. The predicted octanol–water partition coefficient (Wildman–Crippen LogP) is 2.43. The average Bonchev–Trinajstić information content (AvgIpc) is 2.75. The second-order valence-electron chi connectivity index (χ2n) is 4.30. The first kappa shape index (κ1) is 8.76. The number of hydrogen-bond acceptors (Lipinski definition) is 1. The van der Waals surface area contributed by atoms with Crippen LogP contribution in [0.15, 0.2) is 12.1 Å². The highest BCUT2D eigenvalue weighted by Gasteiger charge is 2.35. The smallest absolute Gasteiger partial charge is 0.0115 e. The van der Waals surface area contributed by atoms with Crippen molar-refractivity contribution in [3.05, 3.63) is 34.4 Å². The highest BCUT2D eigenvalue weighted by Crippen LogP contribution is 2.41. The molecule has 1 nitrogen and oxygen atoms in total. The van der Waals surface area contributed by atoms with Gasteiger partial charge in [0.2, 0.25) is 0 Å². The summed E-state index contributed by atoms with van der Waals surface area (Å²) < 4.78 is 0. The van der Waals surface area contributed by atoms with Crippen molar-refractivity contribution in [2.45, 2.75) is 39.2 Å². The van der Waals surface area contributed by atoms with Gasteiger partial charge >= 0.3 is 0 Å². The molecule has 0 heterocycles. The molecule has 1 aromatic rings. The summed E-state index contributed by atoms with van der Waals surface area (Å²) in [5.41, 5.74) is 11.5. The van der Waals surface area contributed by atoms with Crippen LogP contribution in [0.4, 0.5) is 0 Å². The van der Waals surface area contributed by atoms with Crippen LogP contribution >= 0.6 is 0 Å². The minimum Gasteiger partial charge on any atom is -0.327 e. The van der Waals surface area contributed by atoms with Crippen LogP contribution in [0.2, 0.25) is 0 Å². The van der Waals surface area contributed by atoms with Crippen molar-refractivity contribution in [3.63, 3.8) is 0 Å². The molecule has 1 fully saturated rings. The molecule has 13 heavy (non-hydrogen) atoms. The lowest BCUT2D eigenvalue weighted by molar-refractivity contribution is 0.975. The number of benzene rings is 1. The zero-order valence-corrected chi connectivity index (χ0v) is 8.59. The first-order chi connectivity index (χ1) is 6.09. The monoisotopic (exact) mass is 175 g/mol. The van der Waals surface area contributed by atoms with Gasteiger partial charge in [0.05, 0.1) is 0 Å². The number of aryl methyl sites for hydroxylation is 3. The van der Waals surface area contributed by atoms with E-state index in [4.69, 9.17) is 5.73 Å². The lowest BCUT2D eigenvalue weighted by Gasteiger charge is -2.08. The largest absolute Gasteiger partial charge is 0.327 e. The standard InChI is InChI=1S/C12H17N/c1-7-4-9(3)10(5-8(7)2)11-6-12(11)13/h4-5,11-12H,6,13H2,1-3H3. The Hall–Kier alpha value is -0.820. The highest BCUT2D eigenvalue weighted by atomic mass is 14.7. The molecule has 1 aliphatic rings. The molecule has 0 aromatic heterocycles. The van der Waals surface area contributed by atoms with Crippen molar-refractivity contribution in [1.29, 1.82) is 0 Å². The minimum atomic E-state index is 0.417. The van der Waals surface area contributed by atoms with Gasteiger partial charge in [-0.1, -0.05) is 12.1 Å². The van der Waals surface area contributed by atoms with Gasteiger partial charge in [-0.2, -0.15) is 0 Å². The molecule has 2 rings (SSSR count). The van der Waals surface area contributed by atoms with Crippen LogP contribution in [0, 0.1) is 20.8 Å². The fraction of sp³-hybridized carbons (Fsp3) is 0.500. The zero-order valence-electron chi connectivity index (χ0n) is 8.59. The molecular formula is C12H17N. The molecule has 0 radical (unpaired) electrons. The summed E-state index contributed by atoms with van der Waals surface area (Å²) in [6, 6.07) is 5.00. The Balaban J connectivity index is 2.41. The van der Waals surface area contributed by atoms with E-state index in [9.17, 15) is 0 Å². The number of hydrogen-bond donors (Lipinski definition) is 1. The fourth-order valence-corrected chi connectivity index (χ4v) is 1.95. The third kappa shape index (κ3) is 1.49. The van der Waals surface area contributed by atoms with Crippen LogP contribution in [0.1, 0.15) is 34.6 Å². The van der Waals surface area contributed by atoms with Gasteiger partial charge < -0.3 is 5.73 Å². The van der Waals surface area contributed by atoms with Gasteiger partial charge in [0.25, 0.3) is 0 Å². The van der Waals surface area contributed by atoms with Crippen molar-refractivity contribution in [3.8, 4) is 0 Å². The molecular weight excluding hydrogens is 158 g/mol. The minimum absolute atomic E-state index is 0.417. The third-order valence-electron chi connectivity index (χ3n) is 3.12. The van der Waals surface area contributed by atoms with E-state index < -0.39 is 0 Å². The van der Waals surface area contributed by atoms with Crippen LogP contribution in [0.5, 0.6) is 0 Å². The molecule has 0 bridgehead atoms. The molecule has 1 heteroatoms. The normalized spacial score (nSPS) is 26.2. The van der Waals surface area contributed by atoms with Gasteiger partial charge in [-0.05, 0) is 49.4 Å². The summed E-state index contributed by atoms with van der Waals surface area (Å²) in [5.74, 6) is 0.638. The SMILES string of the molecule is Cc1cc(C)c(C2CC2N)cc1C. The first-order valence-corrected chi connectivity index (χ1v) is 4.93. The van der Waals surface area contributed by atoms with Crippen LogP contribution < -0.4 is 5.73 Å². The molecule has 0 amide bonds. The summed E-state index contributed by atoms with van der Waals surface area (Å²) in [7, 11) is 0. The van der Waals surface area contributed by atoms with Gasteiger partial charge in [0.15, 0.2) is 0 Å². The summed E-state index contributed by atoms with van der Waals surface area (Å²) in [4.78, 5) is 0. The Kier molecular flexibility index (Phi) is 1.92. The van der Waals surface area contributed by atoms with Crippen molar-refractivity contribution in [2.75, 3.05) is 0 Å². The second-order valence-corrected chi connectivity index (χ2v) is 4.30. The molecule has 0 aliphatic heterocycles. The summed E-state index contributed by atoms with van der Waals surface area (Å²) in [6.07, 6.45) is 1.17. The number of nitrogens with two attached hydrogens (primary N) is 1. The first-order valence-electron chi connectivity index (χ1n) is 4.93. The summed E-state index contributed by atoms with van der Waals surface area (Å²) >= 11 is 0. The zero-order chi connectivity index (χ0) is 9.59. The maximum Gasteiger partial charge on any atom is 0.0115 e. The van der Waals surface area contributed by atoms with E-state index in [1.165, 1.54) is 28.7 Å². The van der Waals surface area contributed by atoms with Crippen molar-refractivity contribution >= 4 is 0 Å². The van der Waals surface area contributed by atoms with Gasteiger partial charge in [0.1, 0.15) is 0 Å². The van der Waals surface area contributed by atoms with Gasteiger partial charge in [-0.3, -0.25) is 0 Å². The van der Waals surface area contributed by atoms with Crippen LogP contribution in [-0.4, -0.2) is 6.04 Å². The van der Waals surface area contributed by atoms with Crippen LogP contribution in [-0.2, 0) is 0 Å². The lowest BCUT2D eigenvalue weighted by atomic mass is 9.98. The molecule has 1 saturated carbocycles. The van der Waals surface area contributed by atoms with E-state index in [2.05, 4.69) is 32.9 Å². The maximum atomic E-state index is 5.86. The topological polar surface area (TPSA) is 26.0 Å². The molecule has 1 aliphatic carbocycles. The Bertz CT molecular complexity index is 341. The van der Waals surface area contributed by atoms with Crippen molar-refractivity contribution in [2.24, 2.45) is 5.73 Å². The molecule has 2 atom stereocenters. The Morgan fingerprint density at radius 2 is 1.62 bits per heavy atom. The van der Waals surface area contributed by atoms with Gasteiger partial charge in [-0.25, -0.2) is 0 Å². The van der Waals surface area contributed by atoms with Gasteiger partial charge in [-0.15, -0.1) is 0 Å². The molecule has 0 spiro atoms. The third-order valence-corrected chi connectivity index (χ3v) is 3.12. The maximum absolute atomic E-state index is 5.86. The summed E-state index contributed by atoms with van der Waals surface area (Å²) in [6.45, 7) is 6.53. The molecule has 2 unspecified atom stereocenters. The van der Waals surface area contributed by atoms with E-state index in [0.29, 0.717) is 12.0 Å². The van der Waals surface area contributed by atoms with E-state index in [-0.39, 0.29) is 0 Å². The molecule has 70 valence electrons. The second kappa shape index (κ2) is 2.85. The van der Waals surface area contributed by atoms with Crippen molar-refractivity contribution in [1.82, 2.24) is 0 Å². The van der Waals surface area contributed by atoms with E-state index in [0.717, 1.165) is 0 Å². The van der Waals surface area contributed by atoms with E-state index in [1.807, 2.05) is 0 Å². The van der Waals surface area contributed by atoms with Crippen molar-refractivity contribution < 1.29 is 0 Å². The Labute approximate surface area is 80.0 Å². The van der Waals surface area contributed by atoms with E-state index in [1.54, 1.807) is 0 Å². The number of rotatable bonds is 1. The average molecular weight is 175 g/mol. The lowest BCUT2D eigenvalue weighted by Crippen LogP contribution is -2.02. The predicted molar refractivity (Wildman–Crippen MR) is 56.0 cm³/mol. The van der Waals surface area contributed by atoms with Crippen LogP contribution in [0.25, 0.3) is 0 Å². The quantitative estimate of drug-likeness (QED) is 0.697. The Morgan fingerprint density at radius 1 is 1.08 bits per heavy atom. The summed E-state index contributed by atoms with van der Waals surface area (Å²) in [5, 5.41) is 0. The van der Waals surface area contributed by atoms with Gasteiger partial charge in [0, 0.05) is 12.0 Å². The fourth-order valence-electron chi connectivity index (χ4n) is 1.95.